The second kappa shape index (κ2) is 7.22. The van der Waals surface area contributed by atoms with E-state index in [-0.39, 0.29) is 12.5 Å². The summed E-state index contributed by atoms with van der Waals surface area (Å²) in [6, 6.07) is 13.2. The van der Waals surface area contributed by atoms with E-state index in [1.165, 1.54) is 0 Å². The Morgan fingerprint density at radius 3 is 2.54 bits per heavy atom. The Balaban J connectivity index is 1.45. The van der Waals surface area contributed by atoms with Crippen LogP contribution in [0.5, 0.6) is 5.75 Å². The third kappa shape index (κ3) is 3.39. The Morgan fingerprint density at radius 1 is 1.00 bits per heavy atom. The summed E-state index contributed by atoms with van der Waals surface area (Å²) in [4.78, 5) is 16.9. The fourth-order valence-corrected chi connectivity index (χ4v) is 3.77. The van der Waals surface area contributed by atoms with Crippen LogP contribution < -0.4 is 9.64 Å². The summed E-state index contributed by atoms with van der Waals surface area (Å²) in [5.41, 5.74) is 2.53. The molecule has 0 radical (unpaired) electrons. The second-order valence-electron chi connectivity index (χ2n) is 6.37. The average Bonchev–Trinajstić information content (AvgIpc) is 2.67. The van der Waals surface area contributed by atoms with Crippen LogP contribution in [0.15, 0.2) is 48.0 Å². The van der Waals surface area contributed by atoms with Gasteiger partial charge in [-0.2, -0.15) is 0 Å². The van der Waals surface area contributed by atoms with E-state index in [0.29, 0.717) is 23.7 Å². The molecule has 0 spiro atoms. The molecule has 1 amide bonds. The molecule has 0 aromatic heterocycles. The van der Waals surface area contributed by atoms with Gasteiger partial charge in [0.05, 0.1) is 16.3 Å². The number of benzene rings is 2. The number of carbonyl (C=O) groups excluding carboxylic acids is 1. The molecule has 2 aromatic carbocycles. The lowest BCUT2D eigenvalue weighted by atomic mass is 10.1. The van der Waals surface area contributed by atoms with E-state index >= 15 is 0 Å². The quantitative estimate of drug-likeness (QED) is 0.775. The Bertz CT molecular complexity index is 874. The summed E-state index contributed by atoms with van der Waals surface area (Å²) in [6.07, 6.45) is 1.88. The van der Waals surface area contributed by atoms with Crippen LogP contribution >= 0.6 is 23.2 Å². The summed E-state index contributed by atoms with van der Waals surface area (Å²) in [6.45, 7) is 3.11. The van der Waals surface area contributed by atoms with Crippen molar-refractivity contribution in [3.63, 3.8) is 0 Å². The highest BCUT2D eigenvalue weighted by Gasteiger charge is 2.26. The molecule has 2 aliphatic rings. The maximum absolute atomic E-state index is 12.9. The van der Waals surface area contributed by atoms with Crippen LogP contribution in [0, 0.1) is 0 Å². The summed E-state index contributed by atoms with van der Waals surface area (Å²) in [7, 11) is 0. The van der Waals surface area contributed by atoms with Crippen LogP contribution in [0.1, 0.15) is 5.56 Å². The maximum atomic E-state index is 12.9. The first-order valence-electron chi connectivity index (χ1n) is 8.53. The molecule has 1 fully saturated rings. The van der Waals surface area contributed by atoms with Crippen molar-refractivity contribution in [1.29, 1.82) is 0 Å². The number of piperazine rings is 1. The Hall–Kier alpha value is -2.17. The third-order valence-electron chi connectivity index (χ3n) is 4.72. The Morgan fingerprint density at radius 2 is 1.77 bits per heavy atom. The maximum Gasteiger partial charge on any atom is 0.253 e. The largest absolute Gasteiger partial charge is 0.488 e. The number of ether oxygens (including phenoxy) is 1. The smallest absolute Gasteiger partial charge is 0.253 e. The number of halogens is 2. The highest BCUT2D eigenvalue weighted by molar-refractivity contribution is 6.33. The fraction of sp³-hybridized carbons (Fsp3) is 0.250. The molecule has 26 heavy (non-hydrogen) atoms. The van der Waals surface area contributed by atoms with Crippen LogP contribution in [0.2, 0.25) is 10.0 Å². The monoisotopic (exact) mass is 388 g/mol. The minimum absolute atomic E-state index is 0.0226. The van der Waals surface area contributed by atoms with Gasteiger partial charge in [-0.05, 0) is 36.4 Å². The molecule has 0 N–H and O–H groups in total. The van der Waals surface area contributed by atoms with Crippen molar-refractivity contribution < 1.29 is 9.53 Å². The lowest BCUT2D eigenvalue weighted by Crippen LogP contribution is -2.49. The predicted molar refractivity (Wildman–Crippen MR) is 105 cm³/mol. The van der Waals surface area contributed by atoms with Crippen molar-refractivity contribution >= 4 is 40.9 Å². The summed E-state index contributed by atoms with van der Waals surface area (Å²) < 4.78 is 5.71. The lowest BCUT2D eigenvalue weighted by molar-refractivity contribution is -0.127. The number of para-hydroxylation sites is 1. The first kappa shape index (κ1) is 17.3. The van der Waals surface area contributed by atoms with E-state index < -0.39 is 0 Å². The van der Waals surface area contributed by atoms with Gasteiger partial charge in [0.15, 0.2) is 0 Å². The molecule has 1 saturated heterocycles. The number of carbonyl (C=O) groups is 1. The van der Waals surface area contributed by atoms with Gasteiger partial charge in [0.1, 0.15) is 12.4 Å². The first-order valence-corrected chi connectivity index (χ1v) is 9.29. The number of hydrogen-bond donors (Lipinski definition) is 0. The van der Waals surface area contributed by atoms with E-state index in [9.17, 15) is 4.79 Å². The SMILES string of the molecule is O=C(C1=Cc2cc(Cl)ccc2OC1)N1CCN(c2ccccc2Cl)CC1. The Kier molecular flexibility index (Phi) is 4.79. The minimum atomic E-state index is 0.0226. The van der Waals surface area contributed by atoms with Gasteiger partial charge in [-0.3, -0.25) is 4.79 Å². The van der Waals surface area contributed by atoms with Crippen LogP contribution in [0.3, 0.4) is 0 Å². The zero-order valence-electron chi connectivity index (χ0n) is 14.1. The van der Waals surface area contributed by atoms with Gasteiger partial charge in [0, 0.05) is 36.8 Å². The van der Waals surface area contributed by atoms with E-state index in [1.807, 2.05) is 47.4 Å². The van der Waals surface area contributed by atoms with Crippen molar-refractivity contribution in [3.8, 4) is 5.75 Å². The molecule has 0 saturated carbocycles. The normalized spacial score (nSPS) is 16.6. The standard InChI is InChI=1S/C20H18Cl2N2O2/c21-16-5-6-19-14(12-16)11-15(13-26-19)20(25)24-9-7-23(8-10-24)18-4-2-1-3-17(18)22/h1-6,11-12H,7-10,13H2. The van der Waals surface area contributed by atoms with Crippen molar-refractivity contribution in [2.45, 2.75) is 0 Å². The van der Waals surface area contributed by atoms with Gasteiger partial charge in [0.2, 0.25) is 0 Å². The van der Waals surface area contributed by atoms with Crippen molar-refractivity contribution in [3.05, 3.63) is 63.6 Å². The molecule has 2 heterocycles. The third-order valence-corrected chi connectivity index (χ3v) is 5.27. The van der Waals surface area contributed by atoms with E-state index in [1.54, 1.807) is 6.07 Å². The van der Waals surface area contributed by atoms with Gasteiger partial charge >= 0.3 is 0 Å². The van der Waals surface area contributed by atoms with Crippen molar-refractivity contribution in [2.75, 3.05) is 37.7 Å². The highest BCUT2D eigenvalue weighted by atomic mass is 35.5. The van der Waals surface area contributed by atoms with Crippen LogP contribution in [-0.2, 0) is 4.79 Å². The number of anilines is 1. The molecule has 4 nitrogen and oxygen atoms in total. The molecule has 2 aliphatic heterocycles. The number of rotatable bonds is 2. The van der Waals surface area contributed by atoms with Gasteiger partial charge in [0.25, 0.3) is 5.91 Å². The minimum Gasteiger partial charge on any atom is -0.488 e. The topological polar surface area (TPSA) is 32.8 Å². The summed E-state index contributed by atoms with van der Waals surface area (Å²) in [5, 5.41) is 1.37. The van der Waals surface area contributed by atoms with Crippen LogP contribution in [0.25, 0.3) is 6.08 Å². The van der Waals surface area contributed by atoms with E-state index in [2.05, 4.69) is 4.90 Å². The molecule has 0 atom stereocenters. The highest BCUT2D eigenvalue weighted by Crippen LogP contribution is 2.30. The average molecular weight is 389 g/mol. The van der Waals surface area contributed by atoms with Gasteiger partial charge in [-0.25, -0.2) is 0 Å². The number of fused-ring (bicyclic) bond motifs is 1. The number of nitrogens with zero attached hydrogens (tertiary/aromatic N) is 2. The van der Waals surface area contributed by atoms with Crippen LogP contribution in [-0.4, -0.2) is 43.6 Å². The molecule has 0 aliphatic carbocycles. The summed E-state index contributed by atoms with van der Waals surface area (Å²) >= 11 is 12.3. The molecule has 4 rings (SSSR count). The lowest BCUT2D eigenvalue weighted by Gasteiger charge is -2.37. The Labute approximate surface area is 162 Å². The van der Waals surface area contributed by atoms with Crippen molar-refractivity contribution in [2.24, 2.45) is 0 Å². The summed E-state index contributed by atoms with van der Waals surface area (Å²) in [5.74, 6) is 0.781. The van der Waals surface area contributed by atoms with E-state index in [0.717, 1.165) is 35.1 Å². The van der Waals surface area contributed by atoms with E-state index in [4.69, 9.17) is 27.9 Å². The van der Waals surface area contributed by atoms with Gasteiger partial charge in [-0.1, -0.05) is 35.3 Å². The van der Waals surface area contributed by atoms with Crippen LogP contribution in [0.4, 0.5) is 5.69 Å². The molecule has 6 heteroatoms. The zero-order chi connectivity index (χ0) is 18.1. The molecule has 0 bridgehead atoms. The first-order chi connectivity index (χ1) is 12.6. The van der Waals surface area contributed by atoms with Crippen molar-refractivity contribution in [1.82, 2.24) is 4.90 Å². The predicted octanol–water partition coefficient (Wildman–Crippen LogP) is 4.12. The molecule has 2 aromatic rings. The molecular formula is C20H18Cl2N2O2. The number of hydrogen-bond acceptors (Lipinski definition) is 3. The molecular weight excluding hydrogens is 371 g/mol. The van der Waals surface area contributed by atoms with Gasteiger partial charge in [-0.15, -0.1) is 0 Å². The second-order valence-corrected chi connectivity index (χ2v) is 7.21. The molecule has 0 unspecified atom stereocenters. The fourth-order valence-electron chi connectivity index (χ4n) is 3.33. The molecule has 134 valence electrons. The number of amides is 1. The zero-order valence-corrected chi connectivity index (χ0v) is 15.6. The van der Waals surface area contributed by atoms with Gasteiger partial charge < -0.3 is 14.5 Å².